The number of rotatable bonds is 8. The predicted octanol–water partition coefficient (Wildman–Crippen LogP) is 5.28. The maximum absolute atomic E-state index is 13.8. The highest BCUT2D eigenvalue weighted by atomic mass is 35.5. The molecule has 1 unspecified atom stereocenters. The number of methoxy groups -OCH3 is 1. The fourth-order valence-corrected chi connectivity index (χ4v) is 5.96. The molecule has 4 rings (SSSR count). The van der Waals surface area contributed by atoms with Crippen molar-refractivity contribution in [3.05, 3.63) is 76.2 Å². The Labute approximate surface area is 231 Å². The fraction of sp³-hybridized carbons (Fsp3) is 0.393. The second-order valence-electron chi connectivity index (χ2n) is 10.1. The summed E-state index contributed by atoms with van der Waals surface area (Å²) in [5.41, 5.74) is 2.63. The van der Waals surface area contributed by atoms with Crippen LogP contribution in [-0.4, -0.2) is 54.2 Å². The minimum Gasteiger partial charge on any atom is -0.385 e. The summed E-state index contributed by atoms with van der Waals surface area (Å²) in [4.78, 5) is 28.1. The summed E-state index contributed by atoms with van der Waals surface area (Å²) in [6.07, 6.45) is 0.660. The van der Waals surface area contributed by atoms with Crippen LogP contribution in [0.5, 0.6) is 0 Å². The maximum Gasteiger partial charge on any atom is 0.240 e. The van der Waals surface area contributed by atoms with Crippen molar-refractivity contribution in [2.75, 3.05) is 37.5 Å². The van der Waals surface area contributed by atoms with Gasteiger partial charge in [0.05, 0.1) is 22.4 Å². The first-order valence-electron chi connectivity index (χ1n) is 12.4. The molecule has 10 heteroatoms. The number of hydrogen-bond acceptors (Lipinski definition) is 5. The van der Waals surface area contributed by atoms with E-state index in [1.165, 1.54) is 28.8 Å². The molecular weight excluding hydrogens is 527 g/mol. The maximum atomic E-state index is 13.8. The first kappa shape index (κ1) is 28.1. The number of anilines is 1. The van der Waals surface area contributed by atoms with Crippen LogP contribution in [0.4, 0.5) is 10.2 Å². The van der Waals surface area contributed by atoms with E-state index < -0.39 is 5.41 Å². The van der Waals surface area contributed by atoms with Crippen LogP contribution in [0.2, 0.25) is 5.02 Å². The second kappa shape index (κ2) is 11.9. The van der Waals surface area contributed by atoms with E-state index in [1.54, 1.807) is 23.9 Å². The van der Waals surface area contributed by atoms with Gasteiger partial charge in [0.2, 0.25) is 11.8 Å². The van der Waals surface area contributed by atoms with Crippen LogP contribution in [-0.2, 0) is 19.7 Å². The summed E-state index contributed by atoms with van der Waals surface area (Å²) in [5, 5.41) is 8.14. The highest BCUT2D eigenvalue weighted by Crippen LogP contribution is 2.49. The zero-order valence-corrected chi connectivity index (χ0v) is 23.5. The van der Waals surface area contributed by atoms with Gasteiger partial charge in [0.25, 0.3) is 0 Å². The molecule has 2 heterocycles. The third-order valence-corrected chi connectivity index (χ3v) is 7.79. The molecule has 1 atom stereocenters. The van der Waals surface area contributed by atoms with Gasteiger partial charge in [-0.1, -0.05) is 50.6 Å². The molecule has 1 aliphatic rings. The Morgan fingerprint density at radius 3 is 2.58 bits per heavy atom. The molecule has 0 bridgehead atoms. The van der Waals surface area contributed by atoms with Crippen LogP contribution in [0, 0.1) is 5.82 Å². The Bertz CT molecular complexity index is 1310. The molecule has 1 aromatic heterocycles. The van der Waals surface area contributed by atoms with Gasteiger partial charge in [-0.2, -0.15) is 5.10 Å². The van der Waals surface area contributed by atoms with E-state index in [1.807, 2.05) is 24.3 Å². The number of halogens is 2. The summed E-state index contributed by atoms with van der Waals surface area (Å²) in [5.74, 6) is -0.245. The van der Waals surface area contributed by atoms with E-state index >= 15 is 0 Å². The average molecular weight is 559 g/mol. The number of ether oxygens (including phenoxy) is 1. The number of nitrogens with zero attached hydrogens (tertiary/aromatic N) is 3. The second-order valence-corrected chi connectivity index (χ2v) is 11.6. The van der Waals surface area contributed by atoms with E-state index in [-0.39, 0.29) is 35.2 Å². The van der Waals surface area contributed by atoms with Gasteiger partial charge in [0.15, 0.2) is 0 Å². The van der Waals surface area contributed by atoms with E-state index in [0.717, 1.165) is 16.8 Å². The standard InChI is InChI=1S/C28H32ClFN4O3S/c1-28(2,3)26-24-25(20-8-5-6-9-21(20)29)38-17-23(36)33(16-22(35)31-14-7-15-37-4)27(24)34(32-26)19-12-10-18(30)11-13-19/h5-6,8-13,25H,7,14-17H2,1-4H3,(H,31,35). The van der Waals surface area contributed by atoms with E-state index in [9.17, 15) is 14.0 Å². The van der Waals surface area contributed by atoms with Crippen LogP contribution in [0.15, 0.2) is 48.5 Å². The zero-order chi connectivity index (χ0) is 27.4. The number of benzene rings is 2. The van der Waals surface area contributed by atoms with Crippen LogP contribution in [0.3, 0.4) is 0 Å². The summed E-state index contributed by atoms with van der Waals surface area (Å²) in [6.45, 7) is 6.94. The number of aromatic nitrogens is 2. The minimum atomic E-state index is -0.406. The Hall–Kier alpha value is -2.88. The number of amides is 2. The number of fused-ring (bicyclic) bond motifs is 1. The molecular formula is C28H32ClFN4O3S. The van der Waals surface area contributed by atoms with E-state index in [2.05, 4.69) is 26.1 Å². The van der Waals surface area contributed by atoms with Crippen molar-refractivity contribution in [3.63, 3.8) is 0 Å². The van der Waals surface area contributed by atoms with Gasteiger partial charge >= 0.3 is 0 Å². The smallest absolute Gasteiger partial charge is 0.240 e. The SMILES string of the molecule is COCCCNC(=O)CN1C(=O)CSC(c2ccccc2Cl)c2c(C(C)(C)C)nn(-c3ccc(F)cc3)c21. The number of nitrogens with one attached hydrogen (secondary N) is 1. The zero-order valence-electron chi connectivity index (χ0n) is 22.0. The molecule has 0 radical (unpaired) electrons. The lowest BCUT2D eigenvalue weighted by molar-refractivity contribution is -0.122. The highest BCUT2D eigenvalue weighted by molar-refractivity contribution is 8.00. The molecule has 3 aromatic rings. The van der Waals surface area contributed by atoms with Crippen LogP contribution in [0.25, 0.3) is 5.69 Å². The third kappa shape index (κ3) is 6.06. The lowest BCUT2D eigenvalue weighted by Crippen LogP contribution is -2.42. The topological polar surface area (TPSA) is 76.5 Å². The Balaban J connectivity index is 1.91. The Morgan fingerprint density at radius 2 is 1.92 bits per heavy atom. The Morgan fingerprint density at radius 1 is 1.21 bits per heavy atom. The summed E-state index contributed by atoms with van der Waals surface area (Å²) in [7, 11) is 1.61. The van der Waals surface area contributed by atoms with Crippen molar-refractivity contribution < 1.29 is 18.7 Å². The van der Waals surface area contributed by atoms with Gasteiger partial charge in [0, 0.05) is 36.3 Å². The molecule has 1 aliphatic heterocycles. The molecule has 0 spiro atoms. The largest absolute Gasteiger partial charge is 0.385 e. The monoisotopic (exact) mass is 558 g/mol. The molecule has 0 saturated carbocycles. The van der Waals surface area contributed by atoms with Gasteiger partial charge in [-0.05, 0) is 42.3 Å². The minimum absolute atomic E-state index is 0.147. The third-order valence-electron chi connectivity index (χ3n) is 6.21. The number of carbonyl (C=O) groups is 2. The number of carbonyl (C=O) groups excluding carboxylic acids is 2. The quantitative estimate of drug-likeness (QED) is 0.380. The Kier molecular flexibility index (Phi) is 8.80. The normalized spacial score (nSPS) is 15.8. The van der Waals surface area contributed by atoms with Gasteiger partial charge in [-0.25, -0.2) is 9.07 Å². The molecule has 1 N–H and O–H groups in total. The van der Waals surface area contributed by atoms with Gasteiger partial charge < -0.3 is 10.1 Å². The number of hydrogen-bond donors (Lipinski definition) is 1. The first-order chi connectivity index (χ1) is 18.1. The molecule has 38 heavy (non-hydrogen) atoms. The van der Waals surface area contributed by atoms with E-state index in [0.29, 0.717) is 36.1 Å². The lowest BCUT2D eigenvalue weighted by atomic mass is 9.87. The van der Waals surface area contributed by atoms with Crippen LogP contribution in [0.1, 0.15) is 49.3 Å². The predicted molar refractivity (Wildman–Crippen MR) is 150 cm³/mol. The molecule has 2 aromatic carbocycles. The first-order valence-corrected chi connectivity index (χ1v) is 13.9. The van der Waals surface area contributed by atoms with Gasteiger partial charge in [-0.15, -0.1) is 11.8 Å². The summed E-state index contributed by atoms with van der Waals surface area (Å²) >= 11 is 8.13. The molecule has 0 fully saturated rings. The molecule has 7 nitrogen and oxygen atoms in total. The number of thioether (sulfide) groups is 1. The molecule has 202 valence electrons. The van der Waals surface area contributed by atoms with Crippen molar-refractivity contribution in [2.24, 2.45) is 0 Å². The summed E-state index contributed by atoms with van der Waals surface area (Å²) < 4.78 is 20.5. The molecule has 0 aliphatic carbocycles. The van der Waals surface area contributed by atoms with Crippen molar-refractivity contribution in [1.82, 2.24) is 15.1 Å². The summed E-state index contributed by atoms with van der Waals surface area (Å²) in [6, 6.07) is 13.5. The van der Waals surface area contributed by atoms with Gasteiger partial charge in [0.1, 0.15) is 18.2 Å². The molecule has 2 amide bonds. The average Bonchev–Trinajstić information content (AvgIpc) is 3.21. The van der Waals surface area contributed by atoms with Crippen molar-refractivity contribution >= 4 is 41.0 Å². The van der Waals surface area contributed by atoms with E-state index in [4.69, 9.17) is 21.4 Å². The highest BCUT2D eigenvalue weighted by Gasteiger charge is 2.40. The van der Waals surface area contributed by atoms with Gasteiger partial charge in [-0.3, -0.25) is 14.5 Å². The fourth-order valence-electron chi connectivity index (χ4n) is 4.41. The van der Waals surface area contributed by atoms with Crippen molar-refractivity contribution in [3.8, 4) is 5.69 Å². The van der Waals surface area contributed by atoms with Crippen molar-refractivity contribution in [1.29, 1.82) is 0 Å². The molecule has 0 saturated heterocycles. The van der Waals surface area contributed by atoms with Crippen molar-refractivity contribution in [2.45, 2.75) is 37.9 Å². The lowest BCUT2D eigenvalue weighted by Gasteiger charge is -2.25. The van der Waals surface area contributed by atoms with Crippen LogP contribution >= 0.6 is 23.4 Å². The van der Waals surface area contributed by atoms with Crippen LogP contribution < -0.4 is 10.2 Å².